The molecule has 0 aliphatic carbocycles. The molecule has 0 aromatic heterocycles. The molecule has 0 heterocycles. The first kappa shape index (κ1) is 76.1. The second kappa shape index (κ2) is 67.6. The molecule has 0 spiro atoms. The van der Waals surface area contributed by atoms with Gasteiger partial charge in [-0.3, -0.25) is 14.4 Å². The van der Waals surface area contributed by atoms with Crippen molar-refractivity contribution in [1.29, 1.82) is 0 Å². The van der Waals surface area contributed by atoms with E-state index in [1.165, 1.54) is 244 Å². The van der Waals surface area contributed by atoms with Crippen molar-refractivity contribution in [1.82, 2.24) is 0 Å². The number of carbonyl (C=O) groups excluding carboxylic acids is 3. The summed E-state index contributed by atoms with van der Waals surface area (Å²) in [6, 6.07) is 0. The van der Waals surface area contributed by atoms with Gasteiger partial charge in [-0.25, -0.2) is 0 Å². The molecule has 1 unspecified atom stereocenters. The fourth-order valence-corrected chi connectivity index (χ4v) is 10.2. The summed E-state index contributed by atoms with van der Waals surface area (Å²) in [7, 11) is 0. The molecule has 460 valence electrons. The van der Waals surface area contributed by atoms with Crippen molar-refractivity contribution in [2.45, 2.75) is 374 Å². The van der Waals surface area contributed by atoms with E-state index in [-0.39, 0.29) is 31.1 Å². The van der Waals surface area contributed by atoms with Crippen LogP contribution in [0.1, 0.15) is 367 Å². The molecule has 0 radical (unpaired) electrons. The summed E-state index contributed by atoms with van der Waals surface area (Å²) in [6.07, 6.45) is 86.9. The van der Waals surface area contributed by atoms with Gasteiger partial charge in [0.1, 0.15) is 13.2 Å². The van der Waals surface area contributed by atoms with Crippen molar-refractivity contribution in [2.75, 3.05) is 13.2 Å². The van der Waals surface area contributed by atoms with Crippen LogP contribution in [0, 0.1) is 0 Å². The van der Waals surface area contributed by atoms with E-state index in [2.05, 4.69) is 81.5 Å². The Hall–Kier alpha value is -2.89. The SMILES string of the molecule is CCC/C=C\CCCCCCCC(=O)OCC(COC(=O)CCCCCCCCCCCCCCCCCCCC/C=C\C/C=C\C/C=C\CCCCCCC)OC(=O)CCCCCCCCC/C=C\CCCCCCCCC. The van der Waals surface area contributed by atoms with Crippen molar-refractivity contribution in [3.05, 3.63) is 60.8 Å². The summed E-state index contributed by atoms with van der Waals surface area (Å²) in [5, 5.41) is 0. The van der Waals surface area contributed by atoms with Gasteiger partial charge in [-0.15, -0.1) is 0 Å². The molecule has 0 N–H and O–H groups in total. The molecule has 6 nitrogen and oxygen atoms in total. The van der Waals surface area contributed by atoms with Crippen LogP contribution in [-0.4, -0.2) is 37.2 Å². The Morgan fingerprint density at radius 2 is 0.481 bits per heavy atom. The molecule has 0 fully saturated rings. The van der Waals surface area contributed by atoms with Gasteiger partial charge in [0.15, 0.2) is 6.10 Å². The zero-order valence-corrected chi connectivity index (χ0v) is 52.9. The average Bonchev–Trinajstić information content (AvgIpc) is 3.45. The van der Waals surface area contributed by atoms with Crippen LogP contribution in [0.15, 0.2) is 60.8 Å². The third-order valence-corrected chi connectivity index (χ3v) is 15.4. The summed E-state index contributed by atoms with van der Waals surface area (Å²) in [5.74, 6) is -0.872. The molecule has 1 atom stereocenters. The van der Waals surface area contributed by atoms with Crippen molar-refractivity contribution < 1.29 is 28.6 Å². The van der Waals surface area contributed by atoms with Gasteiger partial charge in [0.2, 0.25) is 0 Å². The number of unbranched alkanes of at least 4 members (excludes halogenated alkanes) is 43. The number of esters is 3. The number of ether oxygens (including phenoxy) is 3. The largest absolute Gasteiger partial charge is 0.462 e. The summed E-state index contributed by atoms with van der Waals surface area (Å²) < 4.78 is 16.9. The topological polar surface area (TPSA) is 78.9 Å². The molecule has 79 heavy (non-hydrogen) atoms. The quantitative estimate of drug-likeness (QED) is 0.0261. The summed E-state index contributed by atoms with van der Waals surface area (Å²) in [6.45, 7) is 6.60. The molecular weight excluding hydrogens is 973 g/mol. The second-order valence-electron chi connectivity index (χ2n) is 23.4. The Morgan fingerprint density at radius 1 is 0.253 bits per heavy atom. The van der Waals surface area contributed by atoms with E-state index in [0.29, 0.717) is 19.3 Å². The van der Waals surface area contributed by atoms with Crippen LogP contribution in [0.25, 0.3) is 0 Å². The van der Waals surface area contributed by atoms with E-state index in [0.717, 1.165) is 83.5 Å². The molecule has 0 aromatic carbocycles. The number of allylic oxidation sites excluding steroid dienone is 10. The van der Waals surface area contributed by atoms with Gasteiger partial charge in [-0.2, -0.15) is 0 Å². The van der Waals surface area contributed by atoms with Crippen LogP contribution >= 0.6 is 0 Å². The minimum absolute atomic E-state index is 0.0750. The highest BCUT2D eigenvalue weighted by molar-refractivity contribution is 5.71. The van der Waals surface area contributed by atoms with E-state index in [1.807, 2.05) is 0 Å². The average molecular weight is 1110 g/mol. The van der Waals surface area contributed by atoms with Gasteiger partial charge >= 0.3 is 17.9 Å². The van der Waals surface area contributed by atoms with Crippen LogP contribution < -0.4 is 0 Å². The third-order valence-electron chi connectivity index (χ3n) is 15.4. The van der Waals surface area contributed by atoms with Crippen molar-refractivity contribution >= 4 is 17.9 Å². The van der Waals surface area contributed by atoms with Gasteiger partial charge in [-0.05, 0) is 103 Å². The maximum absolute atomic E-state index is 12.9. The van der Waals surface area contributed by atoms with Gasteiger partial charge in [0, 0.05) is 19.3 Å². The van der Waals surface area contributed by atoms with Gasteiger partial charge in [0.05, 0.1) is 0 Å². The molecule has 6 heteroatoms. The highest BCUT2D eigenvalue weighted by Gasteiger charge is 2.19. The fraction of sp³-hybridized carbons (Fsp3) is 0.822. The zero-order valence-electron chi connectivity index (χ0n) is 52.9. The summed E-state index contributed by atoms with van der Waals surface area (Å²) >= 11 is 0. The first-order valence-electron chi connectivity index (χ1n) is 34.8. The predicted octanol–water partition coefficient (Wildman–Crippen LogP) is 23.9. The maximum Gasteiger partial charge on any atom is 0.306 e. The molecule has 0 saturated carbocycles. The third kappa shape index (κ3) is 65.8. The van der Waals surface area contributed by atoms with E-state index in [9.17, 15) is 14.4 Å². The van der Waals surface area contributed by atoms with E-state index >= 15 is 0 Å². The highest BCUT2D eigenvalue weighted by Crippen LogP contribution is 2.18. The first-order valence-corrected chi connectivity index (χ1v) is 34.8. The Balaban J connectivity index is 4.09. The van der Waals surface area contributed by atoms with E-state index in [4.69, 9.17) is 14.2 Å². The van der Waals surface area contributed by atoms with Crippen molar-refractivity contribution in [3.63, 3.8) is 0 Å². The van der Waals surface area contributed by atoms with Crippen LogP contribution in [0.3, 0.4) is 0 Å². The fourth-order valence-electron chi connectivity index (χ4n) is 10.2. The van der Waals surface area contributed by atoms with Gasteiger partial charge in [0.25, 0.3) is 0 Å². The number of hydrogen-bond acceptors (Lipinski definition) is 6. The lowest BCUT2D eigenvalue weighted by Crippen LogP contribution is -2.30. The number of hydrogen-bond donors (Lipinski definition) is 0. The first-order chi connectivity index (χ1) is 39.0. The summed E-state index contributed by atoms with van der Waals surface area (Å²) in [5.41, 5.74) is 0. The summed E-state index contributed by atoms with van der Waals surface area (Å²) in [4.78, 5) is 38.3. The number of carbonyl (C=O) groups is 3. The molecule has 0 aromatic rings. The molecule has 0 aliphatic rings. The maximum atomic E-state index is 12.9. The smallest absolute Gasteiger partial charge is 0.306 e. The van der Waals surface area contributed by atoms with Crippen LogP contribution in [0.2, 0.25) is 0 Å². The second-order valence-corrected chi connectivity index (χ2v) is 23.4. The molecule has 0 aliphatic heterocycles. The minimum atomic E-state index is -0.778. The van der Waals surface area contributed by atoms with E-state index < -0.39 is 6.10 Å². The molecule has 0 rings (SSSR count). The monoisotopic (exact) mass is 1110 g/mol. The van der Waals surface area contributed by atoms with Gasteiger partial charge in [-0.1, -0.05) is 306 Å². The normalized spacial score (nSPS) is 12.4. The van der Waals surface area contributed by atoms with Crippen LogP contribution in [0.4, 0.5) is 0 Å². The Morgan fingerprint density at radius 3 is 0.772 bits per heavy atom. The minimum Gasteiger partial charge on any atom is -0.462 e. The lowest BCUT2D eigenvalue weighted by atomic mass is 10.0. The highest BCUT2D eigenvalue weighted by atomic mass is 16.6. The van der Waals surface area contributed by atoms with Crippen molar-refractivity contribution in [2.24, 2.45) is 0 Å². The molecule has 0 bridgehead atoms. The van der Waals surface area contributed by atoms with E-state index in [1.54, 1.807) is 0 Å². The Bertz CT molecular complexity index is 1410. The number of rotatable bonds is 64. The zero-order chi connectivity index (χ0) is 57.1. The lowest BCUT2D eigenvalue weighted by molar-refractivity contribution is -0.167. The molecule has 0 saturated heterocycles. The lowest BCUT2D eigenvalue weighted by Gasteiger charge is -2.18. The van der Waals surface area contributed by atoms with Crippen LogP contribution in [-0.2, 0) is 28.6 Å². The van der Waals surface area contributed by atoms with Crippen molar-refractivity contribution in [3.8, 4) is 0 Å². The standard InChI is InChI=1S/C73H132O6/c1-4-7-10-13-16-19-22-24-26-28-30-31-32-33-34-35-36-37-38-39-40-41-42-43-44-46-47-49-51-54-57-60-63-66-72(75)78-69-70(68-77-71(74)65-62-59-56-53-21-18-15-12-9-6-3)79-73(76)67-64-61-58-55-52-50-48-45-29-27-25-23-20-17-14-11-8-5-2/h12,15,22,24,27-30,32-33,70H,4-11,13-14,16-21,23,25-26,31,34-69H2,1-3H3/b15-12-,24-22-,29-27-,30-28-,33-32-. The Labute approximate surface area is 491 Å². The molecular formula is C73H132O6. The van der Waals surface area contributed by atoms with Gasteiger partial charge < -0.3 is 14.2 Å². The van der Waals surface area contributed by atoms with Crippen LogP contribution in [0.5, 0.6) is 0 Å². The molecule has 0 amide bonds. The Kier molecular flexibility index (Phi) is 65.1. The predicted molar refractivity (Wildman–Crippen MR) is 344 cm³/mol.